The lowest BCUT2D eigenvalue weighted by Crippen LogP contribution is -2.38. The molecule has 0 radical (unpaired) electrons. The van der Waals surface area contributed by atoms with E-state index in [-0.39, 0.29) is 6.04 Å². The Morgan fingerprint density at radius 3 is 2.38 bits per heavy atom. The second-order valence-electron chi connectivity index (χ2n) is 5.67. The van der Waals surface area contributed by atoms with Crippen molar-refractivity contribution in [1.29, 1.82) is 0 Å². The third-order valence-electron chi connectivity index (χ3n) is 4.35. The molecule has 0 aliphatic carbocycles. The van der Waals surface area contributed by atoms with Crippen molar-refractivity contribution in [3.8, 4) is 5.75 Å². The van der Waals surface area contributed by atoms with Gasteiger partial charge < -0.3 is 10.8 Å². The van der Waals surface area contributed by atoms with Crippen molar-refractivity contribution in [2.75, 3.05) is 13.1 Å². The molecular formula is C18H22N2O. The van der Waals surface area contributed by atoms with Crippen LogP contribution < -0.4 is 5.73 Å². The number of hydrogen-bond donors (Lipinski definition) is 2. The van der Waals surface area contributed by atoms with Gasteiger partial charge in [0.05, 0.1) is 6.04 Å². The molecule has 3 N–H and O–H groups in total. The van der Waals surface area contributed by atoms with Crippen LogP contribution in [0, 0.1) is 0 Å². The number of likely N-dealkylation sites (tertiary alicyclic amines) is 1. The Morgan fingerprint density at radius 1 is 1.05 bits per heavy atom. The molecule has 3 nitrogen and oxygen atoms in total. The first-order valence-corrected chi connectivity index (χ1v) is 7.59. The first-order chi connectivity index (χ1) is 10.3. The van der Waals surface area contributed by atoms with Crippen LogP contribution in [0.1, 0.15) is 30.0 Å². The summed E-state index contributed by atoms with van der Waals surface area (Å²) < 4.78 is 0. The van der Waals surface area contributed by atoms with E-state index in [1.165, 1.54) is 17.5 Å². The zero-order valence-corrected chi connectivity index (χ0v) is 12.2. The highest BCUT2D eigenvalue weighted by molar-refractivity contribution is 5.35. The van der Waals surface area contributed by atoms with E-state index in [1.807, 2.05) is 18.2 Å². The van der Waals surface area contributed by atoms with Crippen LogP contribution in [-0.2, 0) is 0 Å². The zero-order valence-electron chi connectivity index (χ0n) is 12.2. The van der Waals surface area contributed by atoms with Gasteiger partial charge in [-0.05, 0) is 42.6 Å². The molecule has 2 unspecified atom stereocenters. The van der Waals surface area contributed by atoms with Crippen molar-refractivity contribution >= 4 is 0 Å². The second kappa shape index (κ2) is 6.29. The average Bonchev–Trinajstić information content (AvgIpc) is 2.99. The predicted octanol–water partition coefficient (Wildman–Crippen LogP) is 2.90. The van der Waals surface area contributed by atoms with Crippen LogP contribution in [-0.4, -0.2) is 29.1 Å². The molecule has 1 saturated heterocycles. The van der Waals surface area contributed by atoms with Crippen molar-refractivity contribution in [2.45, 2.75) is 24.9 Å². The van der Waals surface area contributed by atoms with Gasteiger partial charge in [-0.2, -0.15) is 0 Å². The van der Waals surface area contributed by atoms with Gasteiger partial charge in [0.2, 0.25) is 0 Å². The molecule has 0 spiro atoms. The number of phenols is 1. The molecule has 3 heteroatoms. The van der Waals surface area contributed by atoms with Crippen LogP contribution >= 0.6 is 0 Å². The van der Waals surface area contributed by atoms with E-state index in [0.29, 0.717) is 18.3 Å². The van der Waals surface area contributed by atoms with Crippen molar-refractivity contribution in [3.63, 3.8) is 0 Å². The van der Waals surface area contributed by atoms with Crippen molar-refractivity contribution in [2.24, 2.45) is 5.73 Å². The van der Waals surface area contributed by atoms with E-state index >= 15 is 0 Å². The number of benzene rings is 2. The summed E-state index contributed by atoms with van der Waals surface area (Å²) in [5.74, 6) is 0.308. The Bertz CT molecular complexity index is 568. The fraction of sp³-hybridized carbons (Fsp3) is 0.333. The Labute approximate surface area is 126 Å². The largest absolute Gasteiger partial charge is 0.508 e. The van der Waals surface area contributed by atoms with Gasteiger partial charge in [-0.15, -0.1) is 0 Å². The highest BCUT2D eigenvalue weighted by atomic mass is 16.3. The van der Waals surface area contributed by atoms with Gasteiger partial charge in [-0.25, -0.2) is 0 Å². The van der Waals surface area contributed by atoms with Crippen LogP contribution in [0.2, 0.25) is 0 Å². The molecule has 0 bridgehead atoms. The van der Waals surface area contributed by atoms with Crippen molar-refractivity contribution in [3.05, 3.63) is 65.7 Å². The number of nitrogens with zero attached hydrogens (tertiary/aromatic N) is 1. The van der Waals surface area contributed by atoms with Crippen LogP contribution in [0.15, 0.2) is 54.6 Å². The summed E-state index contributed by atoms with van der Waals surface area (Å²) in [6.45, 7) is 1.77. The summed E-state index contributed by atoms with van der Waals surface area (Å²) in [4.78, 5) is 2.50. The summed E-state index contributed by atoms with van der Waals surface area (Å²) in [5.41, 5.74) is 8.45. The number of hydrogen-bond acceptors (Lipinski definition) is 3. The van der Waals surface area contributed by atoms with Crippen LogP contribution in [0.25, 0.3) is 0 Å². The van der Waals surface area contributed by atoms with Gasteiger partial charge in [0.15, 0.2) is 0 Å². The van der Waals surface area contributed by atoms with Gasteiger partial charge in [0, 0.05) is 12.6 Å². The SMILES string of the molecule is NCC1CCCN1C(c1ccccc1)c1ccc(O)cc1. The molecule has 0 amide bonds. The van der Waals surface area contributed by atoms with Crippen LogP contribution in [0.4, 0.5) is 0 Å². The van der Waals surface area contributed by atoms with E-state index in [4.69, 9.17) is 5.73 Å². The summed E-state index contributed by atoms with van der Waals surface area (Å²) in [5, 5.41) is 9.54. The van der Waals surface area contributed by atoms with E-state index in [1.54, 1.807) is 12.1 Å². The quantitative estimate of drug-likeness (QED) is 0.906. The first kappa shape index (κ1) is 14.1. The fourth-order valence-electron chi connectivity index (χ4n) is 3.32. The van der Waals surface area contributed by atoms with E-state index in [2.05, 4.69) is 29.2 Å². The molecule has 2 aromatic rings. The van der Waals surface area contributed by atoms with Gasteiger partial charge in [0.25, 0.3) is 0 Å². The third kappa shape index (κ3) is 2.94. The minimum atomic E-state index is 0.211. The lowest BCUT2D eigenvalue weighted by atomic mass is 9.96. The molecule has 2 aromatic carbocycles. The number of nitrogens with two attached hydrogens (primary N) is 1. The zero-order chi connectivity index (χ0) is 14.7. The molecule has 0 aromatic heterocycles. The Hall–Kier alpha value is -1.84. The van der Waals surface area contributed by atoms with Crippen LogP contribution in [0.5, 0.6) is 5.75 Å². The minimum absolute atomic E-state index is 0.211. The van der Waals surface area contributed by atoms with Gasteiger partial charge in [-0.3, -0.25) is 4.90 Å². The number of phenolic OH excluding ortho intramolecular Hbond substituents is 1. The highest BCUT2D eigenvalue weighted by Crippen LogP contribution is 2.34. The predicted molar refractivity (Wildman–Crippen MR) is 85.2 cm³/mol. The second-order valence-corrected chi connectivity index (χ2v) is 5.67. The van der Waals surface area contributed by atoms with E-state index in [9.17, 15) is 5.11 Å². The van der Waals surface area contributed by atoms with Crippen LogP contribution in [0.3, 0.4) is 0 Å². The maximum Gasteiger partial charge on any atom is 0.115 e. The van der Waals surface area contributed by atoms with Gasteiger partial charge in [-0.1, -0.05) is 42.5 Å². The lowest BCUT2D eigenvalue weighted by molar-refractivity contribution is 0.211. The normalized spacial score (nSPS) is 20.5. The van der Waals surface area contributed by atoms with E-state index in [0.717, 1.165) is 13.0 Å². The number of rotatable bonds is 4. The summed E-state index contributed by atoms with van der Waals surface area (Å²) in [6, 6.07) is 18.7. The average molecular weight is 282 g/mol. The van der Waals surface area contributed by atoms with Gasteiger partial charge >= 0.3 is 0 Å². The molecule has 1 heterocycles. The molecule has 21 heavy (non-hydrogen) atoms. The molecule has 1 aliphatic heterocycles. The summed E-state index contributed by atoms with van der Waals surface area (Å²) in [7, 11) is 0. The Balaban J connectivity index is 2.00. The van der Waals surface area contributed by atoms with Crippen molar-refractivity contribution < 1.29 is 5.11 Å². The Morgan fingerprint density at radius 2 is 1.71 bits per heavy atom. The molecule has 3 rings (SSSR count). The molecule has 110 valence electrons. The molecule has 1 fully saturated rings. The first-order valence-electron chi connectivity index (χ1n) is 7.59. The smallest absolute Gasteiger partial charge is 0.115 e. The number of aromatic hydroxyl groups is 1. The molecule has 0 saturated carbocycles. The molecule has 1 aliphatic rings. The Kier molecular flexibility index (Phi) is 4.23. The maximum absolute atomic E-state index is 9.54. The summed E-state index contributed by atoms with van der Waals surface area (Å²) >= 11 is 0. The third-order valence-corrected chi connectivity index (χ3v) is 4.35. The summed E-state index contributed by atoms with van der Waals surface area (Å²) in [6.07, 6.45) is 2.36. The topological polar surface area (TPSA) is 49.5 Å². The van der Waals surface area contributed by atoms with Crippen molar-refractivity contribution in [1.82, 2.24) is 4.90 Å². The highest BCUT2D eigenvalue weighted by Gasteiger charge is 2.31. The minimum Gasteiger partial charge on any atom is -0.508 e. The van der Waals surface area contributed by atoms with E-state index < -0.39 is 0 Å². The molecule has 2 atom stereocenters. The molecular weight excluding hydrogens is 260 g/mol. The maximum atomic E-state index is 9.54. The van der Waals surface area contributed by atoms with Gasteiger partial charge in [0.1, 0.15) is 5.75 Å². The fourth-order valence-corrected chi connectivity index (χ4v) is 3.32. The standard InChI is InChI=1S/C18H22N2O/c19-13-16-7-4-12-20(16)18(14-5-2-1-3-6-14)15-8-10-17(21)11-9-15/h1-3,5-6,8-11,16,18,21H,4,7,12-13,19H2. The monoisotopic (exact) mass is 282 g/mol. The lowest BCUT2D eigenvalue weighted by Gasteiger charge is -2.33.